The average Bonchev–Trinajstić information content (AvgIpc) is 3.24. The van der Waals surface area contributed by atoms with Crippen LogP contribution in [0.5, 0.6) is 11.5 Å². The topological polar surface area (TPSA) is 74.5 Å². The van der Waals surface area contributed by atoms with E-state index in [0.29, 0.717) is 18.1 Å². The van der Waals surface area contributed by atoms with Gasteiger partial charge in [0.05, 0.1) is 0 Å². The van der Waals surface area contributed by atoms with Crippen LogP contribution in [-0.4, -0.2) is 27.4 Å². The summed E-state index contributed by atoms with van der Waals surface area (Å²) in [6.07, 6.45) is 2.16. The molecule has 1 unspecified atom stereocenters. The van der Waals surface area contributed by atoms with Crippen molar-refractivity contribution in [1.82, 2.24) is 10.1 Å². The van der Waals surface area contributed by atoms with E-state index in [-0.39, 0.29) is 6.79 Å². The normalized spacial score (nSPS) is 13.9. The van der Waals surface area contributed by atoms with Crippen molar-refractivity contribution < 1.29 is 18.2 Å². The van der Waals surface area contributed by atoms with Gasteiger partial charge in [0, 0.05) is 33.9 Å². The molecule has 1 aliphatic heterocycles. The third-order valence-corrected chi connectivity index (χ3v) is 4.60. The van der Waals surface area contributed by atoms with E-state index in [4.69, 9.17) is 14.0 Å². The molecule has 1 aliphatic rings. The molecule has 2 heterocycles. The molecule has 0 fully saturated rings. The fourth-order valence-electron chi connectivity index (χ4n) is 2.48. The first-order chi connectivity index (χ1) is 11.7. The van der Waals surface area contributed by atoms with Crippen LogP contribution in [0.2, 0.25) is 0 Å². The predicted octanol–water partition coefficient (Wildman–Crippen LogP) is 2.79. The van der Waals surface area contributed by atoms with Gasteiger partial charge in [0.25, 0.3) is 5.89 Å². The number of ether oxygens (including phenoxy) is 2. The number of hydrogen-bond acceptors (Lipinski definition) is 6. The zero-order chi connectivity index (χ0) is 16.5. The van der Waals surface area contributed by atoms with Crippen LogP contribution in [0.25, 0.3) is 11.5 Å². The highest BCUT2D eigenvalue weighted by molar-refractivity contribution is 7.84. The third kappa shape index (κ3) is 2.90. The van der Waals surface area contributed by atoms with Crippen molar-refractivity contribution in [2.75, 3.05) is 13.0 Å². The first-order valence-electron chi connectivity index (χ1n) is 7.34. The molecule has 3 aromatic rings. The van der Waals surface area contributed by atoms with Gasteiger partial charge in [-0.3, -0.25) is 4.21 Å². The number of benzene rings is 2. The largest absolute Gasteiger partial charge is 0.454 e. The standard InChI is InChI=1S/C17H14N2O4S/c1-24(20)13-4-2-3-12(9-13)17-18-16(19-23-17)8-11-5-6-14-15(7-11)22-10-21-14/h2-7,9H,8,10H2,1H3. The lowest BCUT2D eigenvalue weighted by Crippen LogP contribution is -1.93. The fraction of sp³-hybridized carbons (Fsp3) is 0.176. The Labute approximate surface area is 140 Å². The first-order valence-corrected chi connectivity index (χ1v) is 8.90. The van der Waals surface area contributed by atoms with Gasteiger partial charge < -0.3 is 14.0 Å². The van der Waals surface area contributed by atoms with E-state index in [1.54, 1.807) is 12.3 Å². The second kappa shape index (κ2) is 6.09. The smallest absolute Gasteiger partial charge is 0.257 e. The second-order valence-electron chi connectivity index (χ2n) is 5.36. The lowest BCUT2D eigenvalue weighted by molar-refractivity contribution is 0.174. The summed E-state index contributed by atoms with van der Waals surface area (Å²) in [4.78, 5) is 5.15. The molecule has 0 saturated heterocycles. The minimum atomic E-state index is -1.05. The van der Waals surface area contributed by atoms with Crippen molar-refractivity contribution in [2.24, 2.45) is 0 Å². The van der Waals surface area contributed by atoms with Crippen LogP contribution in [0.3, 0.4) is 0 Å². The third-order valence-electron chi connectivity index (χ3n) is 3.68. The number of nitrogens with zero attached hydrogens (tertiary/aromatic N) is 2. The molecule has 2 aromatic carbocycles. The SMILES string of the molecule is CS(=O)c1cccc(-c2nc(Cc3ccc4c(c3)OCO4)no2)c1. The summed E-state index contributed by atoms with van der Waals surface area (Å²) in [5.74, 6) is 2.47. The molecule has 0 N–H and O–H groups in total. The lowest BCUT2D eigenvalue weighted by Gasteiger charge is -2.00. The number of hydrogen-bond donors (Lipinski definition) is 0. The maximum absolute atomic E-state index is 11.6. The molecule has 0 radical (unpaired) electrons. The monoisotopic (exact) mass is 342 g/mol. The second-order valence-corrected chi connectivity index (χ2v) is 6.74. The Bertz CT molecular complexity index is 922. The summed E-state index contributed by atoms with van der Waals surface area (Å²) in [5, 5.41) is 4.02. The molecule has 122 valence electrons. The van der Waals surface area contributed by atoms with Crippen LogP contribution in [0.4, 0.5) is 0 Å². The number of aromatic nitrogens is 2. The maximum Gasteiger partial charge on any atom is 0.257 e. The highest BCUT2D eigenvalue weighted by atomic mass is 32.2. The lowest BCUT2D eigenvalue weighted by atomic mass is 10.1. The molecule has 24 heavy (non-hydrogen) atoms. The van der Waals surface area contributed by atoms with Gasteiger partial charge in [-0.1, -0.05) is 17.3 Å². The molecule has 1 aromatic heterocycles. The van der Waals surface area contributed by atoms with Crippen LogP contribution in [0.1, 0.15) is 11.4 Å². The van der Waals surface area contributed by atoms with Crippen molar-refractivity contribution in [1.29, 1.82) is 0 Å². The summed E-state index contributed by atoms with van der Waals surface area (Å²) >= 11 is 0. The highest BCUT2D eigenvalue weighted by Gasteiger charge is 2.15. The van der Waals surface area contributed by atoms with Crippen LogP contribution >= 0.6 is 0 Å². The van der Waals surface area contributed by atoms with Gasteiger partial charge in [-0.15, -0.1) is 0 Å². The Morgan fingerprint density at radius 2 is 2.00 bits per heavy atom. The summed E-state index contributed by atoms with van der Waals surface area (Å²) < 4.78 is 27.6. The van der Waals surface area contributed by atoms with Gasteiger partial charge >= 0.3 is 0 Å². The van der Waals surface area contributed by atoms with Crippen LogP contribution in [0.15, 0.2) is 51.9 Å². The molecule has 4 rings (SSSR count). The van der Waals surface area contributed by atoms with Crippen LogP contribution < -0.4 is 9.47 Å². The van der Waals surface area contributed by atoms with E-state index >= 15 is 0 Å². The Hall–Kier alpha value is -2.67. The summed E-state index contributed by atoms with van der Waals surface area (Å²) in [6, 6.07) is 13.0. The number of fused-ring (bicyclic) bond motifs is 1. The van der Waals surface area contributed by atoms with Gasteiger partial charge in [0.1, 0.15) is 0 Å². The van der Waals surface area contributed by atoms with E-state index < -0.39 is 10.8 Å². The predicted molar refractivity (Wildman–Crippen MR) is 87.4 cm³/mol. The van der Waals surface area contributed by atoms with Crippen molar-refractivity contribution in [3.8, 4) is 23.0 Å². The molecule has 0 amide bonds. The van der Waals surface area contributed by atoms with Gasteiger partial charge in [0.2, 0.25) is 6.79 Å². The van der Waals surface area contributed by atoms with Gasteiger partial charge in [-0.05, 0) is 35.9 Å². The van der Waals surface area contributed by atoms with E-state index in [2.05, 4.69) is 10.1 Å². The Kier molecular flexibility index (Phi) is 3.78. The Morgan fingerprint density at radius 3 is 2.88 bits per heavy atom. The average molecular weight is 342 g/mol. The quantitative estimate of drug-likeness (QED) is 0.726. The molecule has 7 heteroatoms. The van der Waals surface area contributed by atoms with E-state index in [9.17, 15) is 4.21 Å². The summed E-state index contributed by atoms with van der Waals surface area (Å²) in [6.45, 7) is 0.250. The minimum Gasteiger partial charge on any atom is -0.454 e. The van der Waals surface area contributed by atoms with Gasteiger partial charge in [0.15, 0.2) is 17.3 Å². The van der Waals surface area contributed by atoms with E-state index in [1.165, 1.54) is 0 Å². The van der Waals surface area contributed by atoms with Crippen molar-refractivity contribution in [3.05, 3.63) is 53.9 Å². The Morgan fingerprint density at radius 1 is 1.12 bits per heavy atom. The minimum absolute atomic E-state index is 0.250. The van der Waals surface area contributed by atoms with Gasteiger partial charge in [-0.25, -0.2) is 0 Å². The molecule has 1 atom stereocenters. The maximum atomic E-state index is 11.6. The number of rotatable bonds is 4. The fourth-order valence-corrected chi connectivity index (χ4v) is 3.05. The zero-order valence-corrected chi connectivity index (χ0v) is 13.7. The van der Waals surface area contributed by atoms with Gasteiger partial charge in [-0.2, -0.15) is 4.98 Å². The molecule has 0 saturated carbocycles. The Balaban J connectivity index is 1.57. The molecule has 0 spiro atoms. The highest BCUT2D eigenvalue weighted by Crippen LogP contribution is 2.33. The summed E-state index contributed by atoms with van der Waals surface area (Å²) in [5.41, 5.74) is 1.77. The van der Waals surface area contributed by atoms with Crippen molar-refractivity contribution >= 4 is 10.8 Å². The van der Waals surface area contributed by atoms with Crippen LogP contribution in [-0.2, 0) is 17.2 Å². The van der Waals surface area contributed by atoms with E-state index in [1.807, 2.05) is 36.4 Å². The molecule has 0 aliphatic carbocycles. The molecular formula is C17H14N2O4S. The zero-order valence-electron chi connectivity index (χ0n) is 12.9. The molecule has 6 nitrogen and oxygen atoms in total. The first kappa shape index (κ1) is 14.9. The summed E-state index contributed by atoms with van der Waals surface area (Å²) in [7, 11) is -1.05. The molecule has 0 bridgehead atoms. The van der Waals surface area contributed by atoms with E-state index in [0.717, 1.165) is 27.5 Å². The van der Waals surface area contributed by atoms with Crippen LogP contribution in [0, 0.1) is 0 Å². The molecular weight excluding hydrogens is 328 g/mol. The van der Waals surface area contributed by atoms with Crippen molar-refractivity contribution in [3.63, 3.8) is 0 Å². The van der Waals surface area contributed by atoms with Crippen molar-refractivity contribution in [2.45, 2.75) is 11.3 Å².